The topological polar surface area (TPSA) is 75.7 Å². The number of ether oxygens (including phenoxy) is 1. The van der Waals surface area contributed by atoms with Gasteiger partial charge < -0.3 is 10.1 Å². The van der Waals surface area contributed by atoms with Gasteiger partial charge in [0.25, 0.3) is 0 Å². The first kappa shape index (κ1) is 22.7. The van der Waals surface area contributed by atoms with Crippen LogP contribution in [0, 0.1) is 5.82 Å². The van der Waals surface area contributed by atoms with Crippen LogP contribution in [0.1, 0.15) is 32.3 Å². The number of nitrogens with zero attached hydrogens (tertiary/aromatic N) is 1. The normalized spacial score (nSPS) is 12.5. The monoisotopic (exact) mass is 422 g/mol. The Labute approximate surface area is 171 Å². The molecule has 0 saturated heterocycles. The molecule has 0 unspecified atom stereocenters. The largest absolute Gasteiger partial charge is 0.491 e. The maximum atomic E-state index is 13.5. The molecule has 0 fully saturated rings. The summed E-state index contributed by atoms with van der Waals surface area (Å²) < 4.78 is 44.6. The number of carbonyl (C=O) groups is 1. The summed E-state index contributed by atoms with van der Waals surface area (Å²) in [4.78, 5) is 12.5. The van der Waals surface area contributed by atoms with Gasteiger partial charge in [-0.2, -0.15) is 0 Å². The molecule has 2 aromatic carbocycles. The lowest BCUT2D eigenvalue weighted by molar-refractivity contribution is -0.121. The number of halogens is 1. The summed E-state index contributed by atoms with van der Waals surface area (Å²) in [5.74, 6) is -0.0286. The van der Waals surface area contributed by atoms with Gasteiger partial charge in [0.2, 0.25) is 15.9 Å². The van der Waals surface area contributed by atoms with Gasteiger partial charge in [-0.15, -0.1) is 0 Å². The number of nitrogens with one attached hydrogen (secondary N) is 1. The number of rotatable bonds is 9. The van der Waals surface area contributed by atoms with Gasteiger partial charge in [0, 0.05) is 0 Å². The van der Waals surface area contributed by atoms with E-state index in [0.29, 0.717) is 5.92 Å². The molecule has 2 aromatic rings. The maximum Gasteiger partial charge on any atom is 0.243 e. The highest BCUT2D eigenvalue weighted by atomic mass is 32.2. The van der Waals surface area contributed by atoms with E-state index in [9.17, 15) is 17.6 Å². The number of sulfonamides is 1. The van der Waals surface area contributed by atoms with Gasteiger partial charge in [0.15, 0.2) is 0 Å². The van der Waals surface area contributed by atoms with Crippen molar-refractivity contribution in [3.63, 3.8) is 0 Å². The molecule has 0 bridgehead atoms. The fraction of sp³-hybridized carbons (Fsp3) is 0.381. The van der Waals surface area contributed by atoms with Crippen molar-refractivity contribution in [2.75, 3.05) is 23.7 Å². The molecule has 0 radical (unpaired) electrons. The lowest BCUT2D eigenvalue weighted by Gasteiger charge is -2.28. The molecule has 158 valence electrons. The van der Waals surface area contributed by atoms with Gasteiger partial charge in [0.05, 0.1) is 18.5 Å². The molecule has 1 N–H and O–H groups in total. The molecule has 1 amide bonds. The van der Waals surface area contributed by atoms with Crippen molar-refractivity contribution in [3.05, 3.63) is 59.9 Å². The van der Waals surface area contributed by atoms with Crippen LogP contribution >= 0.6 is 0 Å². The Kier molecular flexibility index (Phi) is 7.61. The van der Waals surface area contributed by atoms with Gasteiger partial charge >= 0.3 is 0 Å². The molecule has 2 rings (SSSR count). The third-order valence-electron chi connectivity index (χ3n) is 4.35. The zero-order valence-corrected chi connectivity index (χ0v) is 17.9. The van der Waals surface area contributed by atoms with Crippen molar-refractivity contribution in [2.45, 2.75) is 32.7 Å². The van der Waals surface area contributed by atoms with Crippen LogP contribution in [0.15, 0.2) is 48.5 Å². The number of carbonyl (C=O) groups excluding carboxylic acids is 1. The molecule has 0 aliphatic rings. The lowest BCUT2D eigenvalue weighted by Crippen LogP contribution is -2.48. The van der Waals surface area contributed by atoms with E-state index in [0.717, 1.165) is 27.9 Å². The molecule has 0 heterocycles. The molecule has 0 saturated carbocycles. The predicted octanol–water partition coefficient (Wildman–Crippen LogP) is 3.30. The first-order valence-electron chi connectivity index (χ1n) is 9.35. The van der Waals surface area contributed by atoms with Crippen molar-refractivity contribution in [1.29, 1.82) is 0 Å². The Hall–Kier alpha value is -2.61. The van der Waals surface area contributed by atoms with Gasteiger partial charge in [0.1, 0.15) is 24.2 Å². The highest BCUT2D eigenvalue weighted by molar-refractivity contribution is 7.92. The minimum atomic E-state index is -3.79. The van der Waals surface area contributed by atoms with Crippen molar-refractivity contribution >= 4 is 21.6 Å². The van der Waals surface area contributed by atoms with Crippen molar-refractivity contribution in [3.8, 4) is 5.75 Å². The highest BCUT2D eigenvalue weighted by Crippen LogP contribution is 2.25. The summed E-state index contributed by atoms with van der Waals surface area (Å²) in [7, 11) is -3.79. The molecule has 8 heteroatoms. The van der Waals surface area contributed by atoms with E-state index in [2.05, 4.69) is 19.2 Å². The van der Waals surface area contributed by atoms with Crippen LogP contribution in [0.4, 0.5) is 10.1 Å². The summed E-state index contributed by atoms with van der Waals surface area (Å²) in [5.41, 5.74) is 1.17. The second kappa shape index (κ2) is 9.73. The van der Waals surface area contributed by atoms with Crippen LogP contribution in [-0.2, 0) is 14.8 Å². The van der Waals surface area contributed by atoms with Gasteiger partial charge in [-0.25, -0.2) is 12.8 Å². The zero-order chi connectivity index (χ0) is 21.6. The highest BCUT2D eigenvalue weighted by Gasteiger charge is 2.29. The summed E-state index contributed by atoms with van der Waals surface area (Å²) >= 11 is 0. The number of amides is 1. The Morgan fingerprint density at radius 3 is 2.45 bits per heavy atom. The third-order valence-corrected chi connectivity index (χ3v) is 5.59. The summed E-state index contributed by atoms with van der Waals surface area (Å²) in [6.07, 6.45) is 0.980. The van der Waals surface area contributed by atoms with Gasteiger partial charge in [-0.3, -0.25) is 9.10 Å². The van der Waals surface area contributed by atoms with Crippen LogP contribution < -0.4 is 14.4 Å². The van der Waals surface area contributed by atoms with Crippen LogP contribution in [0.5, 0.6) is 5.75 Å². The fourth-order valence-corrected chi connectivity index (χ4v) is 4.16. The summed E-state index contributed by atoms with van der Waals surface area (Å²) in [6.45, 7) is 6.03. The number of hydrogen-bond acceptors (Lipinski definition) is 4. The van der Waals surface area contributed by atoms with E-state index in [-0.39, 0.29) is 18.8 Å². The van der Waals surface area contributed by atoms with Crippen LogP contribution in [0.3, 0.4) is 0 Å². The fourth-order valence-electron chi connectivity index (χ4n) is 2.99. The lowest BCUT2D eigenvalue weighted by atomic mass is 10.0. The van der Waals surface area contributed by atoms with Crippen molar-refractivity contribution in [2.24, 2.45) is 0 Å². The van der Waals surface area contributed by atoms with Crippen molar-refractivity contribution in [1.82, 2.24) is 5.32 Å². The number of anilines is 1. The first-order valence-corrected chi connectivity index (χ1v) is 11.2. The van der Waals surface area contributed by atoms with Gasteiger partial charge in [-0.1, -0.05) is 38.1 Å². The van der Waals surface area contributed by atoms with Crippen molar-refractivity contribution < 1.29 is 22.3 Å². The smallest absolute Gasteiger partial charge is 0.243 e. The molecule has 1 atom stereocenters. The second-order valence-electron chi connectivity index (χ2n) is 7.05. The maximum absolute atomic E-state index is 13.5. The molecule has 0 aliphatic carbocycles. The molecule has 29 heavy (non-hydrogen) atoms. The van der Waals surface area contributed by atoms with Crippen LogP contribution in [0.2, 0.25) is 0 Å². The molecule has 6 nitrogen and oxygen atoms in total. The van der Waals surface area contributed by atoms with E-state index in [1.54, 1.807) is 0 Å². The van der Waals surface area contributed by atoms with E-state index in [1.807, 2.05) is 24.3 Å². The molecular formula is C21H27FN2O4S. The first-order chi connectivity index (χ1) is 13.6. The molecule has 0 aliphatic heterocycles. The summed E-state index contributed by atoms with van der Waals surface area (Å²) in [5, 5.41) is 2.67. The Morgan fingerprint density at radius 2 is 1.83 bits per heavy atom. The van der Waals surface area contributed by atoms with Gasteiger partial charge in [-0.05, 0) is 42.7 Å². The minimum Gasteiger partial charge on any atom is -0.491 e. The van der Waals surface area contributed by atoms with E-state index < -0.39 is 27.8 Å². The van der Waals surface area contributed by atoms with E-state index in [4.69, 9.17) is 4.74 Å². The quantitative estimate of drug-likeness (QED) is 0.629. The predicted molar refractivity (Wildman–Crippen MR) is 112 cm³/mol. The Balaban J connectivity index is 2.00. The molecule has 0 spiro atoms. The second-order valence-corrected chi connectivity index (χ2v) is 8.91. The SMILES string of the molecule is CC(C)c1ccccc1OCCNC(=O)[C@@H](C)N(c1cccc(F)c1)S(C)(=O)=O. The Morgan fingerprint density at radius 1 is 1.14 bits per heavy atom. The van der Waals surface area contributed by atoms with Crippen LogP contribution in [-0.4, -0.2) is 39.8 Å². The Bertz CT molecular complexity index is 947. The standard InChI is InChI=1S/C21H27FN2O4S/c1-15(2)19-10-5-6-11-20(19)28-13-12-23-21(25)16(3)24(29(4,26)27)18-9-7-8-17(22)14-18/h5-11,14-16H,12-13H2,1-4H3,(H,23,25)/t16-/m1/s1. The number of benzene rings is 2. The average molecular weight is 423 g/mol. The summed E-state index contributed by atoms with van der Waals surface area (Å²) in [6, 6.07) is 11.8. The van der Waals surface area contributed by atoms with Crippen LogP contribution in [0.25, 0.3) is 0 Å². The molecule has 0 aromatic heterocycles. The van der Waals surface area contributed by atoms with E-state index in [1.165, 1.54) is 25.1 Å². The third kappa shape index (κ3) is 6.19. The number of para-hydroxylation sites is 1. The van der Waals surface area contributed by atoms with E-state index >= 15 is 0 Å². The number of hydrogen-bond donors (Lipinski definition) is 1. The molecular weight excluding hydrogens is 395 g/mol. The zero-order valence-electron chi connectivity index (χ0n) is 17.1. The minimum absolute atomic E-state index is 0.0947. The average Bonchev–Trinajstić information content (AvgIpc) is 2.64.